The summed E-state index contributed by atoms with van der Waals surface area (Å²) in [4.78, 5) is 13.7. The van der Waals surface area contributed by atoms with Crippen molar-refractivity contribution in [2.45, 2.75) is 26.2 Å². The van der Waals surface area contributed by atoms with Crippen molar-refractivity contribution < 1.29 is 22.7 Å². The van der Waals surface area contributed by atoms with Gasteiger partial charge in [-0.2, -0.15) is 8.42 Å². The van der Waals surface area contributed by atoms with Crippen LogP contribution in [0.5, 0.6) is 5.75 Å². The molecule has 2 heterocycles. The molecule has 2 saturated heterocycles. The van der Waals surface area contributed by atoms with Crippen LogP contribution in [0.15, 0.2) is 17.7 Å². The van der Waals surface area contributed by atoms with E-state index in [4.69, 9.17) is 0 Å². The van der Waals surface area contributed by atoms with Gasteiger partial charge < -0.3 is 10.0 Å². The highest BCUT2D eigenvalue weighted by Gasteiger charge is 2.37. The Bertz CT molecular complexity index is 844. The molecule has 1 aromatic rings. The minimum absolute atomic E-state index is 0.200. The molecule has 0 bridgehead atoms. The quantitative estimate of drug-likeness (QED) is 0.824. The van der Waals surface area contributed by atoms with Crippen molar-refractivity contribution in [1.82, 2.24) is 9.62 Å². The molecule has 26 heavy (non-hydrogen) atoms. The second-order valence-corrected chi connectivity index (χ2v) is 8.11. The Morgan fingerprint density at radius 2 is 2.00 bits per heavy atom. The van der Waals surface area contributed by atoms with Gasteiger partial charge in [-0.05, 0) is 37.9 Å². The van der Waals surface area contributed by atoms with Crippen LogP contribution < -0.4 is 9.03 Å². The van der Waals surface area contributed by atoms with Crippen molar-refractivity contribution in [3.63, 3.8) is 0 Å². The number of carbonyl (C=O) groups is 1. The van der Waals surface area contributed by atoms with E-state index in [9.17, 15) is 22.7 Å². The van der Waals surface area contributed by atoms with Gasteiger partial charge >= 0.3 is 10.2 Å². The fraction of sp³-hybridized carbons (Fsp3) is 0.471. The topological polar surface area (TPSA) is 89.9 Å². The normalized spacial score (nSPS) is 20.3. The van der Waals surface area contributed by atoms with Gasteiger partial charge in [-0.3, -0.25) is 4.79 Å². The average molecular weight is 383 g/mol. The Morgan fingerprint density at radius 3 is 2.58 bits per heavy atom. The zero-order chi connectivity index (χ0) is 18.9. The zero-order valence-corrected chi connectivity index (χ0v) is 15.4. The SMILES string of the molecule is CCCN1CCC(=Cc2ccc(O)c(N3CC(=O)NS3(=O)=O)c2F)CC1. The minimum atomic E-state index is -4.19. The highest BCUT2D eigenvalue weighted by Crippen LogP contribution is 2.36. The first-order chi connectivity index (χ1) is 12.3. The molecule has 0 atom stereocenters. The van der Waals surface area contributed by atoms with Gasteiger partial charge in [-0.1, -0.05) is 18.6 Å². The number of phenolic OH excluding ortho intramolecular Hbond substituents is 1. The fourth-order valence-corrected chi connectivity index (χ4v) is 4.47. The van der Waals surface area contributed by atoms with Crippen LogP contribution >= 0.6 is 0 Å². The summed E-state index contributed by atoms with van der Waals surface area (Å²) in [7, 11) is -4.19. The number of amides is 1. The first kappa shape index (κ1) is 18.7. The first-order valence-corrected chi connectivity index (χ1v) is 10.0. The van der Waals surface area contributed by atoms with E-state index in [0.29, 0.717) is 4.31 Å². The summed E-state index contributed by atoms with van der Waals surface area (Å²) < 4.78 is 41.2. The molecule has 0 spiro atoms. The van der Waals surface area contributed by atoms with Crippen LogP contribution in [-0.2, 0) is 15.0 Å². The summed E-state index contributed by atoms with van der Waals surface area (Å²) >= 11 is 0. The smallest absolute Gasteiger partial charge is 0.326 e. The number of hydrogen-bond donors (Lipinski definition) is 2. The molecule has 2 aliphatic rings. The number of aromatic hydroxyl groups is 1. The predicted molar refractivity (Wildman–Crippen MR) is 96.4 cm³/mol. The first-order valence-electron chi connectivity index (χ1n) is 8.58. The summed E-state index contributed by atoms with van der Waals surface area (Å²) in [5.41, 5.74) is 0.777. The molecule has 0 aliphatic carbocycles. The molecule has 142 valence electrons. The van der Waals surface area contributed by atoms with Crippen molar-refractivity contribution >= 4 is 27.9 Å². The van der Waals surface area contributed by atoms with Crippen LogP contribution in [0.2, 0.25) is 0 Å². The molecule has 7 nitrogen and oxygen atoms in total. The third-order valence-corrected chi connectivity index (χ3v) is 5.97. The van der Waals surface area contributed by atoms with Crippen molar-refractivity contribution in [3.8, 4) is 5.75 Å². The van der Waals surface area contributed by atoms with Gasteiger partial charge in [0.15, 0.2) is 5.82 Å². The van der Waals surface area contributed by atoms with Crippen molar-refractivity contribution in [3.05, 3.63) is 29.1 Å². The fourth-order valence-electron chi connectivity index (χ4n) is 3.31. The lowest BCUT2D eigenvalue weighted by Gasteiger charge is -2.28. The number of carbonyl (C=O) groups excluding carboxylic acids is 1. The number of phenols is 1. The van der Waals surface area contributed by atoms with Crippen LogP contribution in [0.3, 0.4) is 0 Å². The molecular weight excluding hydrogens is 361 g/mol. The van der Waals surface area contributed by atoms with E-state index in [1.807, 2.05) is 0 Å². The van der Waals surface area contributed by atoms with Crippen LogP contribution in [0.25, 0.3) is 6.08 Å². The highest BCUT2D eigenvalue weighted by atomic mass is 32.2. The van der Waals surface area contributed by atoms with Gasteiger partial charge in [0.2, 0.25) is 0 Å². The standard InChI is InChI=1S/C17H22FN3O4S/c1-2-7-20-8-5-12(6-9-20)10-13-3-4-14(22)17(16(13)18)21-11-15(23)19-26(21,24)25/h3-4,10,22H,2,5-9,11H2,1H3,(H,19,23). The largest absolute Gasteiger partial charge is 0.506 e. The van der Waals surface area contributed by atoms with Crippen molar-refractivity contribution in [2.24, 2.45) is 0 Å². The third kappa shape index (κ3) is 3.68. The number of nitrogens with zero attached hydrogens (tertiary/aromatic N) is 2. The van der Waals surface area contributed by atoms with Gasteiger partial charge in [0, 0.05) is 18.7 Å². The van der Waals surface area contributed by atoms with E-state index >= 15 is 0 Å². The summed E-state index contributed by atoms with van der Waals surface area (Å²) in [5.74, 6) is -2.15. The number of anilines is 1. The number of nitrogens with one attached hydrogen (secondary N) is 1. The summed E-state index contributed by atoms with van der Waals surface area (Å²) in [6, 6.07) is 2.66. The third-order valence-electron chi connectivity index (χ3n) is 4.59. The summed E-state index contributed by atoms with van der Waals surface area (Å²) in [6.45, 7) is 4.43. The molecule has 2 N–H and O–H groups in total. The van der Waals surface area contributed by atoms with Gasteiger partial charge in [-0.15, -0.1) is 0 Å². The number of piperidine rings is 1. The van der Waals surface area contributed by atoms with Crippen LogP contribution in [-0.4, -0.2) is 50.5 Å². The lowest BCUT2D eigenvalue weighted by Crippen LogP contribution is -2.31. The molecule has 2 aliphatic heterocycles. The van der Waals surface area contributed by atoms with E-state index in [1.165, 1.54) is 12.1 Å². The molecule has 0 saturated carbocycles. The van der Waals surface area contributed by atoms with E-state index in [2.05, 4.69) is 11.8 Å². The van der Waals surface area contributed by atoms with Gasteiger partial charge in [0.25, 0.3) is 5.91 Å². The maximum Gasteiger partial charge on any atom is 0.326 e. The highest BCUT2D eigenvalue weighted by molar-refractivity contribution is 7.92. The van der Waals surface area contributed by atoms with E-state index in [0.717, 1.165) is 44.5 Å². The van der Waals surface area contributed by atoms with E-state index < -0.39 is 39.9 Å². The maximum atomic E-state index is 14.9. The number of rotatable bonds is 4. The molecule has 1 aromatic carbocycles. The minimum Gasteiger partial charge on any atom is -0.506 e. The molecule has 2 fully saturated rings. The Kier molecular flexibility index (Phi) is 5.19. The molecule has 9 heteroatoms. The molecule has 0 aromatic heterocycles. The number of halogens is 1. The lowest BCUT2D eigenvalue weighted by molar-refractivity contribution is -0.117. The second-order valence-electron chi connectivity index (χ2n) is 6.52. The van der Waals surface area contributed by atoms with Crippen LogP contribution in [0.4, 0.5) is 10.1 Å². The Labute approximate surface area is 152 Å². The van der Waals surface area contributed by atoms with Gasteiger partial charge in [0.05, 0.1) is 0 Å². The average Bonchev–Trinajstić information content (AvgIpc) is 2.85. The van der Waals surface area contributed by atoms with Crippen molar-refractivity contribution in [2.75, 3.05) is 30.5 Å². The number of hydrogen-bond acceptors (Lipinski definition) is 5. The van der Waals surface area contributed by atoms with Crippen LogP contribution in [0.1, 0.15) is 31.7 Å². The van der Waals surface area contributed by atoms with Gasteiger partial charge in [0.1, 0.15) is 18.0 Å². The molecule has 0 unspecified atom stereocenters. The van der Waals surface area contributed by atoms with E-state index in [-0.39, 0.29) is 5.56 Å². The zero-order valence-electron chi connectivity index (χ0n) is 14.5. The number of benzene rings is 1. The summed E-state index contributed by atoms with van der Waals surface area (Å²) in [5, 5.41) is 9.98. The van der Waals surface area contributed by atoms with Crippen LogP contribution in [0, 0.1) is 5.82 Å². The molecule has 3 rings (SSSR count). The lowest BCUT2D eigenvalue weighted by atomic mass is 10.00. The Morgan fingerprint density at radius 1 is 1.31 bits per heavy atom. The monoisotopic (exact) mass is 383 g/mol. The van der Waals surface area contributed by atoms with Crippen molar-refractivity contribution in [1.29, 1.82) is 0 Å². The molecule has 1 amide bonds. The molecule has 0 radical (unpaired) electrons. The Hall–Kier alpha value is -2.13. The van der Waals surface area contributed by atoms with E-state index in [1.54, 1.807) is 10.8 Å². The summed E-state index contributed by atoms with van der Waals surface area (Å²) in [6.07, 6.45) is 4.43. The molecular formula is C17H22FN3O4S. The Balaban J connectivity index is 1.89. The predicted octanol–water partition coefficient (Wildman–Crippen LogP) is 1.60. The second kappa shape index (κ2) is 7.24. The maximum absolute atomic E-state index is 14.9. The number of likely N-dealkylation sites (tertiary alicyclic amines) is 1. The van der Waals surface area contributed by atoms with Gasteiger partial charge in [-0.25, -0.2) is 13.4 Å².